The highest BCUT2D eigenvalue weighted by Gasteiger charge is 2.31. The Hall–Kier alpha value is -1.43. The summed E-state index contributed by atoms with van der Waals surface area (Å²) in [5.41, 5.74) is 6.59. The van der Waals surface area contributed by atoms with Crippen LogP contribution in [0.3, 0.4) is 0 Å². The quantitative estimate of drug-likeness (QED) is 0.885. The van der Waals surface area contributed by atoms with E-state index in [9.17, 15) is 13.2 Å². The second-order valence-electron chi connectivity index (χ2n) is 3.85. The van der Waals surface area contributed by atoms with Gasteiger partial charge in [0.2, 0.25) is 0 Å². The van der Waals surface area contributed by atoms with Crippen molar-refractivity contribution in [3.8, 4) is 11.5 Å². The van der Waals surface area contributed by atoms with Crippen LogP contribution >= 0.6 is 0 Å². The molecular formula is C12H16F3NO2. The first kappa shape index (κ1) is 14.6. The molecule has 3 nitrogen and oxygen atoms in total. The second kappa shape index (κ2) is 5.95. The van der Waals surface area contributed by atoms with Gasteiger partial charge in [-0.25, -0.2) is 0 Å². The van der Waals surface area contributed by atoms with Gasteiger partial charge in [0.05, 0.1) is 7.11 Å². The highest BCUT2D eigenvalue weighted by Crippen LogP contribution is 2.32. The topological polar surface area (TPSA) is 44.5 Å². The van der Waals surface area contributed by atoms with Crippen LogP contribution in [0.25, 0.3) is 0 Å². The Morgan fingerprint density at radius 3 is 2.50 bits per heavy atom. The van der Waals surface area contributed by atoms with Gasteiger partial charge in [-0.3, -0.25) is 0 Å². The monoisotopic (exact) mass is 263 g/mol. The highest BCUT2D eigenvalue weighted by atomic mass is 19.4. The number of benzene rings is 1. The number of hydrogen-bond acceptors (Lipinski definition) is 3. The van der Waals surface area contributed by atoms with Crippen LogP contribution in [0.15, 0.2) is 18.2 Å². The van der Waals surface area contributed by atoms with Gasteiger partial charge in [-0.2, -0.15) is 0 Å². The van der Waals surface area contributed by atoms with E-state index in [0.717, 1.165) is 12.8 Å². The Morgan fingerprint density at radius 2 is 2.00 bits per heavy atom. The van der Waals surface area contributed by atoms with Gasteiger partial charge in [-0.05, 0) is 12.5 Å². The fourth-order valence-corrected chi connectivity index (χ4v) is 1.66. The molecule has 6 heteroatoms. The fourth-order valence-electron chi connectivity index (χ4n) is 1.66. The van der Waals surface area contributed by atoms with E-state index in [1.165, 1.54) is 25.3 Å². The number of rotatable bonds is 5. The lowest BCUT2D eigenvalue weighted by Gasteiger charge is -2.16. The van der Waals surface area contributed by atoms with Crippen molar-refractivity contribution in [2.24, 2.45) is 5.73 Å². The van der Waals surface area contributed by atoms with Gasteiger partial charge in [-0.15, -0.1) is 13.2 Å². The van der Waals surface area contributed by atoms with Crippen LogP contribution in [0.2, 0.25) is 0 Å². The molecule has 0 aliphatic rings. The molecule has 0 radical (unpaired) electrons. The van der Waals surface area contributed by atoms with Crippen molar-refractivity contribution in [1.29, 1.82) is 0 Å². The third-order valence-corrected chi connectivity index (χ3v) is 2.44. The molecule has 1 atom stereocenters. The maximum absolute atomic E-state index is 12.1. The summed E-state index contributed by atoms with van der Waals surface area (Å²) in [5, 5.41) is 0. The minimum Gasteiger partial charge on any atom is -0.496 e. The number of methoxy groups -OCH3 is 1. The number of hydrogen-bond donors (Lipinski definition) is 1. The van der Waals surface area contributed by atoms with Crippen LogP contribution in [0.4, 0.5) is 13.2 Å². The van der Waals surface area contributed by atoms with Crippen LogP contribution in [-0.2, 0) is 0 Å². The average Bonchev–Trinajstić information content (AvgIpc) is 2.27. The molecule has 0 bridgehead atoms. The van der Waals surface area contributed by atoms with E-state index in [-0.39, 0.29) is 11.8 Å². The molecule has 0 heterocycles. The van der Waals surface area contributed by atoms with Gasteiger partial charge in [0, 0.05) is 17.7 Å². The van der Waals surface area contributed by atoms with E-state index in [4.69, 9.17) is 10.5 Å². The Labute approximate surface area is 104 Å². The largest absolute Gasteiger partial charge is 0.573 e. The van der Waals surface area contributed by atoms with Crippen molar-refractivity contribution in [3.63, 3.8) is 0 Å². The molecule has 18 heavy (non-hydrogen) atoms. The zero-order valence-corrected chi connectivity index (χ0v) is 10.3. The minimum absolute atomic E-state index is 0.259. The zero-order valence-electron chi connectivity index (χ0n) is 10.3. The average molecular weight is 263 g/mol. The summed E-state index contributed by atoms with van der Waals surface area (Å²) in [6.45, 7) is 1.98. The molecule has 0 aromatic heterocycles. The van der Waals surface area contributed by atoms with Crippen molar-refractivity contribution >= 4 is 0 Å². The van der Waals surface area contributed by atoms with Gasteiger partial charge >= 0.3 is 6.36 Å². The smallest absolute Gasteiger partial charge is 0.496 e. The highest BCUT2D eigenvalue weighted by molar-refractivity contribution is 5.42. The van der Waals surface area contributed by atoms with Gasteiger partial charge in [-0.1, -0.05) is 19.4 Å². The van der Waals surface area contributed by atoms with Crippen molar-refractivity contribution < 1.29 is 22.6 Å². The summed E-state index contributed by atoms with van der Waals surface area (Å²) >= 11 is 0. The molecule has 2 N–H and O–H groups in total. The van der Waals surface area contributed by atoms with Crippen LogP contribution in [0, 0.1) is 0 Å². The zero-order chi connectivity index (χ0) is 13.8. The molecule has 0 aliphatic carbocycles. The van der Waals surface area contributed by atoms with Crippen molar-refractivity contribution in [3.05, 3.63) is 23.8 Å². The van der Waals surface area contributed by atoms with E-state index in [1.807, 2.05) is 6.92 Å². The van der Waals surface area contributed by atoms with Crippen LogP contribution in [0.1, 0.15) is 31.4 Å². The SMILES string of the molecule is CCC[C@@H](N)c1ccc(OC(F)(F)F)cc1OC. The predicted octanol–water partition coefficient (Wildman–Crippen LogP) is 3.39. The Morgan fingerprint density at radius 1 is 1.33 bits per heavy atom. The van der Waals surface area contributed by atoms with Crippen molar-refractivity contribution in [1.82, 2.24) is 0 Å². The van der Waals surface area contributed by atoms with Crippen LogP contribution in [-0.4, -0.2) is 13.5 Å². The van der Waals surface area contributed by atoms with Gasteiger partial charge < -0.3 is 15.2 Å². The summed E-state index contributed by atoms with van der Waals surface area (Å²) in [4.78, 5) is 0. The molecule has 0 unspecified atom stereocenters. The molecule has 1 aromatic carbocycles. The summed E-state index contributed by atoms with van der Waals surface area (Å²) in [6.07, 6.45) is -3.10. The molecule has 1 rings (SSSR count). The lowest BCUT2D eigenvalue weighted by Crippen LogP contribution is -2.17. The fraction of sp³-hybridized carbons (Fsp3) is 0.500. The number of ether oxygens (including phenoxy) is 2. The summed E-state index contributed by atoms with van der Waals surface area (Å²) in [5.74, 6) is -0.00972. The number of alkyl halides is 3. The summed E-state index contributed by atoms with van der Waals surface area (Å²) in [7, 11) is 1.38. The standard InChI is InChI=1S/C12H16F3NO2/c1-3-4-10(16)9-6-5-8(7-11(9)17-2)18-12(13,14)15/h5-7,10H,3-4,16H2,1-2H3/t10-/m1/s1. The third kappa shape index (κ3) is 4.10. The lowest BCUT2D eigenvalue weighted by molar-refractivity contribution is -0.274. The Kier molecular flexibility index (Phi) is 4.84. The minimum atomic E-state index is -4.71. The van der Waals surface area contributed by atoms with E-state index in [0.29, 0.717) is 11.3 Å². The predicted molar refractivity (Wildman–Crippen MR) is 61.5 cm³/mol. The first-order valence-electron chi connectivity index (χ1n) is 5.56. The number of nitrogens with two attached hydrogens (primary N) is 1. The molecule has 0 aliphatic heterocycles. The van der Waals surface area contributed by atoms with Crippen molar-refractivity contribution in [2.75, 3.05) is 7.11 Å². The second-order valence-corrected chi connectivity index (χ2v) is 3.85. The molecule has 0 spiro atoms. The lowest BCUT2D eigenvalue weighted by atomic mass is 10.0. The molecule has 0 saturated heterocycles. The van der Waals surface area contributed by atoms with E-state index in [2.05, 4.69) is 4.74 Å². The van der Waals surface area contributed by atoms with Crippen LogP contribution in [0.5, 0.6) is 11.5 Å². The summed E-state index contributed by atoms with van der Waals surface area (Å²) in [6, 6.07) is 3.67. The molecule has 0 saturated carbocycles. The number of halogens is 3. The van der Waals surface area contributed by atoms with E-state index in [1.54, 1.807) is 0 Å². The van der Waals surface area contributed by atoms with Gasteiger partial charge in [0.25, 0.3) is 0 Å². The molecular weight excluding hydrogens is 247 g/mol. The maximum Gasteiger partial charge on any atom is 0.573 e. The molecule has 0 amide bonds. The third-order valence-electron chi connectivity index (χ3n) is 2.44. The molecule has 1 aromatic rings. The van der Waals surface area contributed by atoms with Gasteiger partial charge in [0.1, 0.15) is 11.5 Å². The van der Waals surface area contributed by atoms with E-state index < -0.39 is 6.36 Å². The molecule has 0 fully saturated rings. The van der Waals surface area contributed by atoms with E-state index >= 15 is 0 Å². The first-order valence-corrected chi connectivity index (χ1v) is 5.56. The Bertz CT molecular complexity index is 393. The maximum atomic E-state index is 12.1. The normalized spacial score (nSPS) is 13.2. The summed E-state index contributed by atoms with van der Waals surface area (Å²) < 4.78 is 45.1. The Balaban J connectivity index is 2.96. The van der Waals surface area contributed by atoms with Gasteiger partial charge in [0.15, 0.2) is 0 Å². The molecule has 102 valence electrons. The van der Waals surface area contributed by atoms with Crippen LogP contribution < -0.4 is 15.2 Å². The van der Waals surface area contributed by atoms with Crippen molar-refractivity contribution in [2.45, 2.75) is 32.2 Å². The first-order chi connectivity index (χ1) is 8.37.